The van der Waals surface area contributed by atoms with E-state index in [1.54, 1.807) is 0 Å². The number of fused-ring (bicyclic) bond motifs is 1. The lowest BCUT2D eigenvalue weighted by Crippen LogP contribution is -2.42. The van der Waals surface area contributed by atoms with Crippen molar-refractivity contribution in [1.29, 1.82) is 0 Å². The van der Waals surface area contributed by atoms with Gasteiger partial charge in [0.2, 0.25) is 21.9 Å². The molecule has 0 aromatic rings. The fourth-order valence-corrected chi connectivity index (χ4v) is 4.67. The lowest BCUT2D eigenvalue weighted by Gasteiger charge is -2.25. The number of alkyl halides is 2. The summed E-state index contributed by atoms with van der Waals surface area (Å²) in [6.45, 7) is 0. The maximum atomic E-state index is 12.9. The van der Waals surface area contributed by atoms with Crippen molar-refractivity contribution in [3.05, 3.63) is 0 Å². The first-order valence-corrected chi connectivity index (χ1v) is 7.78. The fraction of sp³-hybridized carbons (Fsp3) is 0.909. The lowest BCUT2D eigenvalue weighted by atomic mass is 10.0. The average molecular weight is 279 g/mol. The van der Waals surface area contributed by atoms with Gasteiger partial charge in [0.25, 0.3) is 0 Å². The van der Waals surface area contributed by atoms with Crippen molar-refractivity contribution in [2.75, 3.05) is 0 Å². The van der Waals surface area contributed by atoms with Crippen LogP contribution in [0.25, 0.3) is 0 Å². The van der Waals surface area contributed by atoms with Gasteiger partial charge in [-0.15, -0.1) is 0 Å². The summed E-state index contributed by atoms with van der Waals surface area (Å²) >= 11 is 0. The molecule has 3 fully saturated rings. The fourth-order valence-electron chi connectivity index (χ4n) is 3.14. The second-order valence-corrected chi connectivity index (χ2v) is 7.64. The normalized spacial score (nSPS) is 37.8. The lowest BCUT2D eigenvalue weighted by molar-refractivity contribution is -0.122. The maximum Gasteiger partial charge on any atom is 0.248 e. The van der Waals surface area contributed by atoms with E-state index in [0.717, 1.165) is 6.42 Å². The monoisotopic (exact) mass is 279 g/mol. The van der Waals surface area contributed by atoms with E-state index < -0.39 is 33.0 Å². The van der Waals surface area contributed by atoms with Crippen LogP contribution in [0.15, 0.2) is 0 Å². The molecule has 3 atom stereocenters. The van der Waals surface area contributed by atoms with Gasteiger partial charge in [-0.1, -0.05) is 6.42 Å². The van der Waals surface area contributed by atoms with Crippen LogP contribution in [0.5, 0.6) is 0 Å². The van der Waals surface area contributed by atoms with Gasteiger partial charge in [-0.3, -0.25) is 9.52 Å². The van der Waals surface area contributed by atoms with E-state index >= 15 is 0 Å². The Balaban J connectivity index is 1.59. The molecule has 0 radical (unpaired) electrons. The number of rotatable bonds is 3. The van der Waals surface area contributed by atoms with Crippen molar-refractivity contribution < 1.29 is 22.0 Å². The molecule has 0 aliphatic heterocycles. The summed E-state index contributed by atoms with van der Waals surface area (Å²) in [5, 5.41) is -0.471. The maximum absolute atomic E-state index is 12.9. The highest BCUT2D eigenvalue weighted by Crippen LogP contribution is 2.62. The first-order chi connectivity index (χ1) is 8.30. The summed E-state index contributed by atoms with van der Waals surface area (Å²) in [6.07, 6.45) is 1.47. The van der Waals surface area contributed by atoms with Crippen molar-refractivity contribution in [3.63, 3.8) is 0 Å². The van der Waals surface area contributed by atoms with Crippen LogP contribution in [-0.4, -0.2) is 25.5 Å². The predicted octanol–water partition coefficient (Wildman–Crippen LogP) is 1.28. The standard InChI is InChI=1S/C11H15F2NO3S/c12-11(13)4-7-8(5-11)9(7)10(15)14-18(16,17)6-2-1-3-6/h6-9H,1-5H2,(H,14,15)/t7-,8+,9?. The van der Waals surface area contributed by atoms with E-state index in [9.17, 15) is 22.0 Å². The van der Waals surface area contributed by atoms with Crippen LogP contribution in [0.2, 0.25) is 0 Å². The van der Waals surface area contributed by atoms with E-state index in [2.05, 4.69) is 4.72 Å². The van der Waals surface area contributed by atoms with Crippen molar-refractivity contribution in [2.45, 2.75) is 43.3 Å². The summed E-state index contributed by atoms with van der Waals surface area (Å²) in [4.78, 5) is 11.8. The molecular formula is C11H15F2NO3S. The van der Waals surface area contributed by atoms with Crippen LogP contribution >= 0.6 is 0 Å². The average Bonchev–Trinajstić information content (AvgIpc) is 2.60. The van der Waals surface area contributed by atoms with Crippen LogP contribution in [-0.2, 0) is 14.8 Å². The molecule has 4 nitrogen and oxygen atoms in total. The Kier molecular flexibility index (Phi) is 2.50. The molecule has 3 aliphatic rings. The number of carbonyl (C=O) groups excluding carboxylic acids is 1. The van der Waals surface area contributed by atoms with Gasteiger partial charge in [0, 0.05) is 18.8 Å². The van der Waals surface area contributed by atoms with Gasteiger partial charge in [0.05, 0.1) is 5.25 Å². The van der Waals surface area contributed by atoms with E-state index in [1.807, 2.05) is 0 Å². The van der Waals surface area contributed by atoms with Gasteiger partial charge in [0.1, 0.15) is 0 Å². The number of sulfonamides is 1. The summed E-state index contributed by atoms with van der Waals surface area (Å²) in [5.74, 6) is -4.40. The zero-order valence-electron chi connectivity index (χ0n) is 9.73. The molecule has 1 N–H and O–H groups in total. The third-order valence-corrected chi connectivity index (χ3v) is 6.27. The highest BCUT2D eigenvalue weighted by atomic mass is 32.2. The zero-order valence-corrected chi connectivity index (χ0v) is 10.6. The van der Waals surface area contributed by atoms with Gasteiger partial charge in [0.15, 0.2) is 0 Å². The largest absolute Gasteiger partial charge is 0.274 e. The molecule has 102 valence electrons. The Morgan fingerprint density at radius 3 is 2.17 bits per heavy atom. The molecule has 3 aliphatic carbocycles. The zero-order chi connectivity index (χ0) is 13.1. The number of amides is 1. The van der Waals surface area contributed by atoms with Crippen LogP contribution < -0.4 is 4.72 Å². The van der Waals surface area contributed by atoms with Crippen LogP contribution in [0, 0.1) is 17.8 Å². The Morgan fingerprint density at radius 1 is 1.17 bits per heavy atom. The molecule has 1 amide bonds. The summed E-state index contributed by atoms with van der Waals surface area (Å²) in [5.41, 5.74) is 0. The number of nitrogens with one attached hydrogen (secondary N) is 1. The topological polar surface area (TPSA) is 63.2 Å². The number of hydrogen-bond donors (Lipinski definition) is 1. The molecule has 3 saturated carbocycles. The van der Waals surface area contributed by atoms with E-state index in [4.69, 9.17) is 0 Å². The summed E-state index contributed by atoms with van der Waals surface area (Å²) in [6, 6.07) is 0. The van der Waals surface area contributed by atoms with Gasteiger partial charge >= 0.3 is 0 Å². The minimum absolute atomic E-state index is 0.279. The molecule has 0 bridgehead atoms. The molecule has 3 rings (SSSR count). The van der Waals surface area contributed by atoms with Gasteiger partial charge in [-0.05, 0) is 24.7 Å². The minimum Gasteiger partial charge on any atom is -0.274 e. The first kappa shape index (κ1) is 12.3. The first-order valence-electron chi connectivity index (χ1n) is 6.23. The SMILES string of the molecule is O=C(NS(=O)(=O)C1CCC1)C1[C@H]2CC(F)(F)C[C@@H]12. The number of hydrogen-bond acceptors (Lipinski definition) is 3. The Morgan fingerprint density at radius 2 is 1.72 bits per heavy atom. The predicted molar refractivity (Wildman–Crippen MR) is 59.4 cm³/mol. The summed E-state index contributed by atoms with van der Waals surface area (Å²) < 4.78 is 51.4. The second kappa shape index (κ2) is 3.65. The molecule has 0 heterocycles. The molecule has 18 heavy (non-hydrogen) atoms. The minimum atomic E-state index is -3.57. The highest BCUT2D eigenvalue weighted by Gasteiger charge is 2.65. The molecule has 0 aromatic heterocycles. The molecule has 0 aromatic carbocycles. The van der Waals surface area contributed by atoms with Crippen LogP contribution in [0.3, 0.4) is 0 Å². The molecule has 7 heteroatoms. The molecule has 0 spiro atoms. The van der Waals surface area contributed by atoms with Crippen molar-refractivity contribution >= 4 is 15.9 Å². The van der Waals surface area contributed by atoms with E-state index in [1.165, 1.54) is 0 Å². The van der Waals surface area contributed by atoms with E-state index in [-0.39, 0.29) is 24.7 Å². The molecule has 0 saturated heterocycles. The second-order valence-electron chi connectivity index (χ2n) is 5.68. The Bertz CT molecular complexity index is 473. The van der Waals surface area contributed by atoms with Gasteiger partial charge in [-0.2, -0.15) is 0 Å². The number of carbonyl (C=O) groups is 1. The van der Waals surface area contributed by atoms with Crippen LogP contribution in [0.1, 0.15) is 32.1 Å². The Hall–Kier alpha value is -0.720. The quantitative estimate of drug-likeness (QED) is 0.846. The molecule has 1 unspecified atom stereocenters. The van der Waals surface area contributed by atoms with Crippen molar-refractivity contribution in [3.8, 4) is 0 Å². The van der Waals surface area contributed by atoms with Crippen LogP contribution in [0.4, 0.5) is 8.78 Å². The van der Waals surface area contributed by atoms with Gasteiger partial charge in [-0.25, -0.2) is 17.2 Å². The summed E-state index contributed by atoms with van der Waals surface area (Å²) in [7, 11) is -3.57. The van der Waals surface area contributed by atoms with Crippen molar-refractivity contribution in [2.24, 2.45) is 17.8 Å². The number of halogens is 2. The third-order valence-electron chi connectivity index (χ3n) is 4.44. The van der Waals surface area contributed by atoms with E-state index in [0.29, 0.717) is 12.8 Å². The smallest absolute Gasteiger partial charge is 0.248 e. The Labute approximate surface area is 104 Å². The third kappa shape index (κ3) is 1.92. The highest BCUT2D eigenvalue weighted by molar-refractivity contribution is 7.90. The van der Waals surface area contributed by atoms with Gasteiger partial charge < -0.3 is 0 Å². The van der Waals surface area contributed by atoms with Crippen molar-refractivity contribution in [1.82, 2.24) is 4.72 Å². The molecular weight excluding hydrogens is 264 g/mol.